The number of hydrogen-bond acceptors (Lipinski definition) is 7. The maximum atomic E-state index is 14.7. The monoisotopic (exact) mass is 486 g/mol. The number of imidazole rings is 1. The van der Waals surface area contributed by atoms with E-state index in [9.17, 15) is 18.3 Å². The molecule has 0 amide bonds. The highest BCUT2D eigenvalue weighted by Crippen LogP contribution is 2.43. The van der Waals surface area contributed by atoms with E-state index in [4.69, 9.17) is 14.3 Å². The third-order valence-corrected chi connectivity index (χ3v) is 5.80. The molecule has 1 fully saturated rings. The quantitative estimate of drug-likeness (QED) is 0.591. The van der Waals surface area contributed by atoms with Crippen molar-refractivity contribution in [3.63, 3.8) is 0 Å². The zero-order valence-electron chi connectivity index (χ0n) is 18.8. The number of halogens is 3. The van der Waals surface area contributed by atoms with Gasteiger partial charge in [-0.25, -0.2) is 9.37 Å². The van der Waals surface area contributed by atoms with E-state index < -0.39 is 30.8 Å². The lowest BCUT2D eigenvalue weighted by atomic mass is 10.0. The van der Waals surface area contributed by atoms with Gasteiger partial charge in [0.1, 0.15) is 24.7 Å². The van der Waals surface area contributed by atoms with E-state index >= 15 is 0 Å². The average Bonchev–Trinajstić information content (AvgIpc) is 3.43. The molecule has 182 valence electrons. The van der Waals surface area contributed by atoms with Gasteiger partial charge in [0.25, 0.3) is 5.72 Å². The number of aliphatic hydroxyl groups is 1. The van der Waals surface area contributed by atoms with Crippen LogP contribution in [0.3, 0.4) is 0 Å². The van der Waals surface area contributed by atoms with E-state index in [-0.39, 0.29) is 17.2 Å². The van der Waals surface area contributed by atoms with Crippen molar-refractivity contribution in [2.24, 2.45) is 5.16 Å². The van der Waals surface area contributed by atoms with Gasteiger partial charge in [-0.1, -0.05) is 11.2 Å². The van der Waals surface area contributed by atoms with Crippen LogP contribution in [0.4, 0.5) is 13.2 Å². The summed E-state index contributed by atoms with van der Waals surface area (Å²) in [6.07, 6.45) is 1.24. The Bertz CT molecular complexity index is 1320. The smallest absolute Gasteiger partial charge is 0.416 e. The van der Waals surface area contributed by atoms with Crippen LogP contribution in [0.5, 0.6) is 5.75 Å². The lowest BCUT2D eigenvalue weighted by molar-refractivity contribution is -0.248. The van der Waals surface area contributed by atoms with Gasteiger partial charge in [-0.3, -0.25) is 4.90 Å². The molecule has 8 nitrogen and oxygen atoms in total. The number of aromatic nitrogens is 2. The molecule has 0 unspecified atom stereocenters. The van der Waals surface area contributed by atoms with Gasteiger partial charge < -0.3 is 24.0 Å². The van der Waals surface area contributed by atoms with Crippen molar-refractivity contribution in [3.8, 4) is 11.4 Å². The van der Waals surface area contributed by atoms with E-state index in [1.807, 2.05) is 13.1 Å². The highest BCUT2D eigenvalue weighted by atomic mass is 19.3. The summed E-state index contributed by atoms with van der Waals surface area (Å²) in [6, 6.07) is 10.1. The van der Waals surface area contributed by atoms with E-state index in [1.165, 1.54) is 25.3 Å². The number of hydrogen-bond donors (Lipinski definition) is 1. The molecule has 5 rings (SSSR count). The standard InChI is InChI=1S/C24H21F3N4O4/c1-15-11-30(14-28-15)19-8-3-16(9-20(19)33-2)10-21-22-29-35-23(13-32,17-4-6-18(25)7-5-17)31(22)12-24(26,27)34-21/h3-11,14,32H,12-13H2,1-2H3/b21-10-/t23-/m1/s1. The summed E-state index contributed by atoms with van der Waals surface area (Å²) >= 11 is 0. The molecule has 0 saturated carbocycles. The normalized spacial score (nSPS) is 21.8. The molecule has 1 atom stereocenters. The van der Waals surface area contributed by atoms with E-state index in [0.29, 0.717) is 17.0 Å². The lowest BCUT2D eigenvalue weighted by Crippen LogP contribution is -2.57. The molecule has 0 aliphatic carbocycles. The van der Waals surface area contributed by atoms with E-state index in [1.54, 1.807) is 29.1 Å². The van der Waals surface area contributed by atoms with Crippen molar-refractivity contribution in [2.45, 2.75) is 18.8 Å². The third kappa shape index (κ3) is 3.97. The summed E-state index contributed by atoms with van der Waals surface area (Å²) in [5.74, 6) is -0.316. The highest BCUT2D eigenvalue weighted by Gasteiger charge is 2.56. The summed E-state index contributed by atoms with van der Waals surface area (Å²) in [5, 5.41) is 14.1. The van der Waals surface area contributed by atoms with Crippen molar-refractivity contribution in [2.75, 3.05) is 20.3 Å². The number of aliphatic hydroxyl groups excluding tert-OH is 1. The van der Waals surface area contributed by atoms with Gasteiger partial charge in [-0.05, 0) is 55.0 Å². The molecular formula is C24H21F3N4O4. The van der Waals surface area contributed by atoms with Gasteiger partial charge in [-0.15, -0.1) is 0 Å². The Morgan fingerprint density at radius 2 is 1.97 bits per heavy atom. The molecule has 0 radical (unpaired) electrons. The fourth-order valence-electron chi connectivity index (χ4n) is 4.11. The van der Waals surface area contributed by atoms with Crippen LogP contribution in [0.2, 0.25) is 0 Å². The molecule has 35 heavy (non-hydrogen) atoms. The minimum absolute atomic E-state index is 0.0254. The van der Waals surface area contributed by atoms with Gasteiger partial charge in [0.15, 0.2) is 5.76 Å². The Balaban J connectivity index is 1.53. The largest absolute Gasteiger partial charge is 0.495 e. The van der Waals surface area contributed by atoms with Gasteiger partial charge in [-0.2, -0.15) is 8.78 Å². The number of methoxy groups -OCH3 is 1. The zero-order chi connectivity index (χ0) is 24.8. The van der Waals surface area contributed by atoms with E-state index in [0.717, 1.165) is 22.7 Å². The Morgan fingerprint density at radius 1 is 1.20 bits per heavy atom. The first-order valence-corrected chi connectivity index (χ1v) is 10.6. The van der Waals surface area contributed by atoms with Crippen LogP contribution in [0, 0.1) is 12.7 Å². The summed E-state index contributed by atoms with van der Waals surface area (Å²) in [5.41, 5.74) is 0.545. The number of nitrogens with zero attached hydrogens (tertiary/aromatic N) is 4. The summed E-state index contributed by atoms with van der Waals surface area (Å²) in [6.45, 7) is 0.224. The first kappa shape index (κ1) is 22.8. The van der Waals surface area contributed by atoms with Crippen LogP contribution >= 0.6 is 0 Å². The Morgan fingerprint density at radius 3 is 2.63 bits per heavy atom. The van der Waals surface area contributed by atoms with Crippen molar-refractivity contribution < 1.29 is 32.6 Å². The fourth-order valence-corrected chi connectivity index (χ4v) is 4.11. The van der Waals surface area contributed by atoms with Gasteiger partial charge in [0.05, 0.1) is 24.8 Å². The molecule has 2 aliphatic heterocycles. The molecule has 2 aliphatic rings. The lowest BCUT2D eigenvalue weighted by Gasteiger charge is -2.40. The molecule has 3 aromatic rings. The Labute approximate surface area is 198 Å². The Kier molecular flexibility index (Phi) is 5.43. The second-order valence-corrected chi connectivity index (χ2v) is 8.14. The number of benzene rings is 2. The number of ether oxygens (including phenoxy) is 2. The number of morpholine rings is 1. The summed E-state index contributed by atoms with van der Waals surface area (Å²) < 4.78 is 55.1. The summed E-state index contributed by atoms with van der Waals surface area (Å²) in [7, 11) is 1.50. The molecule has 0 spiro atoms. The van der Waals surface area contributed by atoms with Crippen LogP contribution in [-0.2, 0) is 15.3 Å². The molecule has 0 bridgehead atoms. The maximum absolute atomic E-state index is 14.7. The number of oxime groups is 1. The SMILES string of the molecule is COc1cc(/C=C2\OC(F)(F)CN3C2=NO[C@]3(CO)c2ccc(F)cc2)ccc1-n1cnc(C)c1. The van der Waals surface area contributed by atoms with Crippen LogP contribution in [0.25, 0.3) is 11.8 Å². The molecule has 1 N–H and O–H groups in total. The topological polar surface area (TPSA) is 81.3 Å². The fraction of sp³-hybridized carbons (Fsp3) is 0.250. The second kappa shape index (κ2) is 8.35. The first-order valence-electron chi connectivity index (χ1n) is 10.6. The maximum Gasteiger partial charge on any atom is 0.416 e. The van der Waals surface area contributed by atoms with Crippen molar-refractivity contribution in [1.82, 2.24) is 14.5 Å². The molecule has 1 aromatic heterocycles. The van der Waals surface area contributed by atoms with Crippen LogP contribution < -0.4 is 4.74 Å². The number of amidine groups is 1. The van der Waals surface area contributed by atoms with Crippen LogP contribution in [0.15, 0.2) is 65.9 Å². The highest BCUT2D eigenvalue weighted by molar-refractivity contribution is 6.01. The molecule has 11 heteroatoms. The van der Waals surface area contributed by atoms with Crippen molar-refractivity contribution >= 4 is 11.9 Å². The minimum atomic E-state index is -3.61. The average molecular weight is 486 g/mol. The minimum Gasteiger partial charge on any atom is -0.495 e. The van der Waals surface area contributed by atoms with Gasteiger partial charge in [0, 0.05) is 11.8 Å². The number of alkyl halides is 2. The summed E-state index contributed by atoms with van der Waals surface area (Å²) in [4.78, 5) is 10.8. The third-order valence-electron chi connectivity index (χ3n) is 5.80. The van der Waals surface area contributed by atoms with Crippen LogP contribution in [0.1, 0.15) is 16.8 Å². The predicted molar refractivity (Wildman–Crippen MR) is 119 cm³/mol. The van der Waals surface area contributed by atoms with Gasteiger partial charge >= 0.3 is 6.11 Å². The molecule has 1 saturated heterocycles. The Hall–Kier alpha value is -3.99. The van der Waals surface area contributed by atoms with E-state index in [2.05, 4.69) is 10.1 Å². The number of fused-ring (bicyclic) bond motifs is 1. The molecular weight excluding hydrogens is 465 g/mol. The van der Waals surface area contributed by atoms with Crippen molar-refractivity contribution in [1.29, 1.82) is 0 Å². The van der Waals surface area contributed by atoms with Crippen LogP contribution in [-0.4, -0.2) is 51.8 Å². The number of rotatable bonds is 5. The molecule has 2 aromatic carbocycles. The van der Waals surface area contributed by atoms with Gasteiger partial charge in [0.2, 0.25) is 5.84 Å². The second-order valence-electron chi connectivity index (χ2n) is 8.14. The zero-order valence-corrected chi connectivity index (χ0v) is 18.8. The van der Waals surface area contributed by atoms with Crippen molar-refractivity contribution in [3.05, 3.63) is 83.4 Å². The number of aryl methyl sites for hydroxylation is 1. The molecule has 3 heterocycles. The first-order chi connectivity index (χ1) is 16.7. The predicted octanol–water partition coefficient (Wildman–Crippen LogP) is 3.78.